The van der Waals surface area contributed by atoms with Crippen LogP contribution in [-0.2, 0) is 18.7 Å². The van der Waals surface area contributed by atoms with Crippen molar-refractivity contribution in [1.82, 2.24) is 15.0 Å². The van der Waals surface area contributed by atoms with Crippen LogP contribution in [0.5, 0.6) is 0 Å². The minimum atomic E-state index is -0.971. The predicted molar refractivity (Wildman–Crippen MR) is 63.9 cm³/mol. The maximum Gasteiger partial charge on any atom is 0.106 e. The molecule has 0 radical (unpaired) electrons. The van der Waals surface area contributed by atoms with Crippen LogP contribution in [0.1, 0.15) is 18.2 Å². The lowest BCUT2D eigenvalue weighted by Crippen LogP contribution is -2.28. The Morgan fingerprint density at radius 1 is 1.35 bits per heavy atom. The van der Waals surface area contributed by atoms with Crippen LogP contribution in [0.2, 0.25) is 0 Å². The van der Waals surface area contributed by atoms with Crippen molar-refractivity contribution in [3.63, 3.8) is 0 Å². The third-order valence-electron chi connectivity index (χ3n) is 2.66. The molecule has 0 saturated carbocycles. The van der Waals surface area contributed by atoms with Crippen molar-refractivity contribution >= 4 is 0 Å². The second kappa shape index (κ2) is 4.65. The molecule has 2 rings (SSSR count). The molecule has 0 fully saturated rings. The third-order valence-corrected chi connectivity index (χ3v) is 2.66. The Labute approximate surface area is 99.9 Å². The first kappa shape index (κ1) is 11.8. The average molecular weight is 232 g/mol. The minimum absolute atomic E-state index is 0.351. The molecule has 1 aromatic heterocycles. The summed E-state index contributed by atoms with van der Waals surface area (Å²) in [4.78, 5) is 0. The Morgan fingerprint density at radius 2 is 2.06 bits per heavy atom. The van der Waals surface area contributed by atoms with Crippen LogP contribution in [0, 0.1) is 0 Å². The summed E-state index contributed by atoms with van der Waals surface area (Å²) in [5, 5.41) is 18.2. The molecule has 90 valence electrons. The summed E-state index contributed by atoms with van der Waals surface area (Å²) >= 11 is 0. The predicted octanol–water partition coefficient (Wildman–Crippen LogP) is 0.644. The van der Waals surface area contributed by atoms with E-state index in [2.05, 4.69) is 10.3 Å². The van der Waals surface area contributed by atoms with E-state index in [0.717, 1.165) is 5.56 Å². The van der Waals surface area contributed by atoms with Gasteiger partial charge in [-0.05, 0) is 12.5 Å². The van der Waals surface area contributed by atoms with Gasteiger partial charge in [0.1, 0.15) is 5.60 Å². The van der Waals surface area contributed by atoms with Gasteiger partial charge in [0.25, 0.3) is 0 Å². The molecule has 2 aromatic rings. The largest absolute Gasteiger partial charge is 0.384 e. The van der Waals surface area contributed by atoms with E-state index in [4.69, 9.17) is 5.73 Å². The van der Waals surface area contributed by atoms with Gasteiger partial charge in [-0.25, -0.2) is 4.68 Å². The molecular weight excluding hydrogens is 216 g/mol. The summed E-state index contributed by atoms with van der Waals surface area (Å²) in [6, 6.07) is 9.50. The molecular formula is C12H16N4O. The first-order chi connectivity index (χ1) is 8.12. The standard InChI is InChI=1S/C12H16N4O/c1-12(17,10-5-3-2-4-6-10)9-16-8-11(7-13)14-15-16/h2-6,8,17H,7,9,13H2,1H3. The van der Waals surface area contributed by atoms with Gasteiger partial charge >= 0.3 is 0 Å². The highest BCUT2D eigenvalue weighted by Crippen LogP contribution is 2.21. The van der Waals surface area contributed by atoms with Crippen LogP contribution < -0.4 is 5.73 Å². The van der Waals surface area contributed by atoms with Crippen molar-refractivity contribution in [2.24, 2.45) is 5.73 Å². The molecule has 1 aromatic carbocycles. The van der Waals surface area contributed by atoms with E-state index in [1.54, 1.807) is 17.8 Å². The van der Waals surface area contributed by atoms with E-state index in [-0.39, 0.29) is 0 Å². The molecule has 0 saturated heterocycles. The topological polar surface area (TPSA) is 77.0 Å². The van der Waals surface area contributed by atoms with E-state index >= 15 is 0 Å². The molecule has 1 heterocycles. The fourth-order valence-electron chi connectivity index (χ4n) is 1.71. The summed E-state index contributed by atoms with van der Waals surface area (Å²) in [6.07, 6.45) is 1.75. The smallest absolute Gasteiger partial charge is 0.106 e. The molecule has 1 atom stereocenters. The highest BCUT2D eigenvalue weighted by Gasteiger charge is 2.24. The lowest BCUT2D eigenvalue weighted by Gasteiger charge is -2.23. The molecule has 5 heteroatoms. The number of hydrogen-bond donors (Lipinski definition) is 2. The average Bonchev–Trinajstić information content (AvgIpc) is 2.77. The molecule has 0 aliphatic carbocycles. The quantitative estimate of drug-likeness (QED) is 0.811. The highest BCUT2D eigenvalue weighted by atomic mass is 16.3. The third kappa shape index (κ3) is 2.69. The van der Waals surface area contributed by atoms with E-state index < -0.39 is 5.60 Å². The molecule has 5 nitrogen and oxygen atoms in total. The zero-order valence-electron chi connectivity index (χ0n) is 9.74. The van der Waals surface area contributed by atoms with Crippen LogP contribution in [0.25, 0.3) is 0 Å². The number of aliphatic hydroxyl groups is 1. The first-order valence-electron chi connectivity index (χ1n) is 5.49. The number of nitrogens with zero attached hydrogens (tertiary/aromatic N) is 3. The summed E-state index contributed by atoms with van der Waals surface area (Å²) < 4.78 is 1.61. The van der Waals surface area contributed by atoms with Crippen LogP contribution in [-0.4, -0.2) is 20.1 Å². The molecule has 0 aliphatic heterocycles. The molecule has 17 heavy (non-hydrogen) atoms. The fraction of sp³-hybridized carbons (Fsp3) is 0.333. The number of hydrogen-bond acceptors (Lipinski definition) is 4. The van der Waals surface area contributed by atoms with Crippen LogP contribution in [0.3, 0.4) is 0 Å². The van der Waals surface area contributed by atoms with Gasteiger partial charge in [0.2, 0.25) is 0 Å². The zero-order valence-corrected chi connectivity index (χ0v) is 9.74. The maximum atomic E-state index is 10.4. The van der Waals surface area contributed by atoms with Gasteiger partial charge in [-0.3, -0.25) is 0 Å². The second-order valence-electron chi connectivity index (χ2n) is 4.25. The Kier molecular flexibility index (Phi) is 3.21. The molecule has 0 bridgehead atoms. The van der Waals surface area contributed by atoms with Crippen molar-refractivity contribution in [3.05, 3.63) is 47.8 Å². The van der Waals surface area contributed by atoms with Crippen LogP contribution >= 0.6 is 0 Å². The second-order valence-corrected chi connectivity index (χ2v) is 4.25. The SMILES string of the molecule is CC(O)(Cn1cc(CN)nn1)c1ccccc1. The zero-order chi connectivity index (χ0) is 12.3. The Hall–Kier alpha value is -1.72. The van der Waals surface area contributed by atoms with Crippen LogP contribution in [0.4, 0.5) is 0 Å². The van der Waals surface area contributed by atoms with Gasteiger partial charge in [-0.2, -0.15) is 0 Å². The monoisotopic (exact) mass is 232 g/mol. The summed E-state index contributed by atoms with van der Waals surface area (Å²) in [7, 11) is 0. The van der Waals surface area contributed by atoms with Gasteiger partial charge in [-0.15, -0.1) is 5.10 Å². The van der Waals surface area contributed by atoms with E-state index in [0.29, 0.717) is 18.8 Å². The fourth-order valence-corrected chi connectivity index (χ4v) is 1.71. The van der Waals surface area contributed by atoms with Crippen LogP contribution in [0.15, 0.2) is 36.5 Å². The Bertz CT molecular complexity index is 478. The summed E-state index contributed by atoms with van der Waals surface area (Å²) in [6.45, 7) is 2.46. The Morgan fingerprint density at radius 3 is 2.65 bits per heavy atom. The van der Waals surface area contributed by atoms with Gasteiger partial charge in [0, 0.05) is 12.7 Å². The van der Waals surface area contributed by atoms with Crippen molar-refractivity contribution in [1.29, 1.82) is 0 Å². The van der Waals surface area contributed by atoms with E-state index in [1.807, 2.05) is 30.3 Å². The normalized spacial score (nSPS) is 14.5. The molecule has 0 spiro atoms. The molecule has 0 aliphatic rings. The highest BCUT2D eigenvalue weighted by molar-refractivity contribution is 5.21. The first-order valence-corrected chi connectivity index (χ1v) is 5.49. The Balaban J connectivity index is 2.17. The summed E-state index contributed by atoms with van der Waals surface area (Å²) in [5.74, 6) is 0. The lowest BCUT2D eigenvalue weighted by molar-refractivity contribution is 0.0341. The van der Waals surface area contributed by atoms with E-state index in [9.17, 15) is 5.11 Å². The minimum Gasteiger partial charge on any atom is -0.384 e. The summed E-state index contributed by atoms with van der Waals surface area (Å²) in [5.41, 5.74) is 6.06. The number of nitrogens with two attached hydrogens (primary N) is 1. The molecule has 1 unspecified atom stereocenters. The van der Waals surface area contributed by atoms with Gasteiger partial charge in [-0.1, -0.05) is 35.5 Å². The van der Waals surface area contributed by atoms with Gasteiger partial charge in [0.15, 0.2) is 0 Å². The van der Waals surface area contributed by atoms with E-state index in [1.165, 1.54) is 0 Å². The van der Waals surface area contributed by atoms with Crippen molar-refractivity contribution < 1.29 is 5.11 Å². The number of rotatable bonds is 4. The van der Waals surface area contributed by atoms with Crippen molar-refractivity contribution in [2.75, 3.05) is 0 Å². The van der Waals surface area contributed by atoms with Crippen molar-refractivity contribution in [3.8, 4) is 0 Å². The number of aromatic nitrogens is 3. The maximum absolute atomic E-state index is 10.4. The van der Waals surface area contributed by atoms with Gasteiger partial charge in [0.05, 0.1) is 12.2 Å². The lowest BCUT2D eigenvalue weighted by atomic mass is 9.96. The number of benzene rings is 1. The molecule has 0 amide bonds. The van der Waals surface area contributed by atoms with Gasteiger partial charge < -0.3 is 10.8 Å². The van der Waals surface area contributed by atoms with Crippen molar-refractivity contribution in [2.45, 2.75) is 25.6 Å². The molecule has 3 N–H and O–H groups in total.